The van der Waals surface area contributed by atoms with E-state index in [0.29, 0.717) is 23.2 Å². The zero-order valence-corrected chi connectivity index (χ0v) is 13.4. The minimum absolute atomic E-state index is 0.0200. The van der Waals surface area contributed by atoms with E-state index in [1.807, 2.05) is 32.0 Å². The van der Waals surface area contributed by atoms with Crippen LogP contribution in [0.3, 0.4) is 0 Å². The number of aryl methyl sites for hydroxylation is 2. The van der Waals surface area contributed by atoms with Crippen molar-refractivity contribution in [1.82, 2.24) is 10.2 Å². The molecule has 118 valence electrons. The van der Waals surface area contributed by atoms with Crippen LogP contribution in [0.4, 0.5) is 5.13 Å². The van der Waals surface area contributed by atoms with Gasteiger partial charge in [-0.1, -0.05) is 29.5 Å². The van der Waals surface area contributed by atoms with Crippen molar-refractivity contribution in [3.05, 3.63) is 34.3 Å². The first-order valence-corrected chi connectivity index (χ1v) is 7.84. The Balaban J connectivity index is 1.80. The van der Waals surface area contributed by atoms with E-state index in [4.69, 9.17) is 9.84 Å². The molecule has 0 saturated heterocycles. The van der Waals surface area contributed by atoms with Gasteiger partial charge in [0, 0.05) is 13.0 Å². The maximum atomic E-state index is 11.8. The molecule has 2 rings (SSSR count). The smallest absolute Gasteiger partial charge is 0.229 e. The molecule has 0 fully saturated rings. The molecule has 7 heteroatoms. The Kier molecular flexibility index (Phi) is 5.85. The fourth-order valence-electron chi connectivity index (χ4n) is 1.96. The number of carbonyl (C=O) groups excluding carboxylic acids is 1. The van der Waals surface area contributed by atoms with Crippen molar-refractivity contribution >= 4 is 22.4 Å². The summed E-state index contributed by atoms with van der Waals surface area (Å²) in [5.74, 6) is 0.661. The second-order valence-electron chi connectivity index (χ2n) is 4.84. The zero-order valence-electron chi connectivity index (χ0n) is 12.6. The van der Waals surface area contributed by atoms with Crippen LogP contribution >= 0.6 is 11.3 Å². The van der Waals surface area contributed by atoms with Crippen molar-refractivity contribution in [2.45, 2.75) is 26.7 Å². The molecule has 1 aromatic carbocycles. The van der Waals surface area contributed by atoms with Gasteiger partial charge in [-0.15, -0.1) is 10.2 Å². The van der Waals surface area contributed by atoms with E-state index < -0.39 is 0 Å². The molecule has 0 bridgehead atoms. The quantitative estimate of drug-likeness (QED) is 0.816. The average molecular weight is 321 g/mol. The number of benzene rings is 1. The highest BCUT2D eigenvalue weighted by Gasteiger charge is 2.09. The van der Waals surface area contributed by atoms with Gasteiger partial charge in [-0.3, -0.25) is 4.79 Å². The van der Waals surface area contributed by atoms with Gasteiger partial charge in [0.05, 0.1) is 13.0 Å². The van der Waals surface area contributed by atoms with Crippen molar-refractivity contribution in [3.8, 4) is 5.75 Å². The maximum absolute atomic E-state index is 11.8. The van der Waals surface area contributed by atoms with Crippen LogP contribution in [0.25, 0.3) is 0 Å². The highest BCUT2D eigenvalue weighted by atomic mass is 32.1. The van der Waals surface area contributed by atoms with Gasteiger partial charge in [0.1, 0.15) is 10.8 Å². The number of para-hydroxylation sites is 1. The summed E-state index contributed by atoms with van der Waals surface area (Å²) in [4.78, 5) is 11.8. The first kappa shape index (κ1) is 16.4. The third kappa shape index (κ3) is 4.51. The van der Waals surface area contributed by atoms with Crippen molar-refractivity contribution in [1.29, 1.82) is 0 Å². The Bertz CT molecular complexity index is 622. The molecular weight excluding hydrogens is 302 g/mol. The normalized spacial score (nSPS) is 10.5. The van der Waals surface area contributed by atoms with Crippen LogP contribution in [0.1, 0.15) is 22.6 Å². The van der Waals surface area contributed by atoms with Crippen LogP contribution < -0.4 is 10.1 Å². The van der Waals surface area contributed by atoms with Crippen LogP contribution in [-0.2, 0) is 11.2 Å². The topological polar surface area (TPSA) is 84.3 Å². The predicted molar refractivity (Wildman–Crippen MR) is 85.4 cm³/mol. The van der Waals surface area contributed by atoms with Crippen LogP contribution in [0.2, 0.25) is 0 Å². The molecule has 0 spiro atoms. The number of ether oxygens (including phenoxy) is 1. The number of hydrogen-bond donors (Lipinski definition) is 2. The number of carbonyl (C=O) groups is 1. The summed E-state index contributed by atoms with van der Waals surface area (Å²) >= 11 is 1.27. The molecule has 0 aliphatic carbocycles. The van der Waals surface area contributed by atoms with Gasteiger partial charge in [0.25, 0.3) is 0 Å². The number of hydrogen-bond acceptors (Lipinski definition) is 6. The molecular formula is C15H19N3O3S. The third-order valence-electron chi connectivity index (χ3n) is 3.02. The summed E-state index contributed by atoms with van der Waals surface area (Å²) in [6.07, 6.45) is 0.686. The van der Waals surface area contributed by atoms with Gasteiger partial charge < -0.3 is 15.2 Å². The molecule has 2 aromatic rings. The summed E-state index contributed by atoms with van der Waals surface area (Å²) < 4.78 is 5.69. The van der Waals surface area contributed by atoms with Crippen LogP contribution in [0, 0.1) is 13.8 Å². The Hall–Kier alpha value is -1.99. The van der Waals surface area contributed by atoms with E-state index in [-0.39, 0.29) is 18.9 Å². The minimum atomic E-state index is -0.169. The summed E-state index contributed by atoms with van der Waals surface area (Å²) in [7, 11) is 0. The molecule has 22 heavy (non-hydrogen) atoms. The summed E-state index contributed by atoms with van der Waals surface area (Å²) in [5.41, 5.74) is 2.11. The van der Waals surface area contributed by atoms with Crippen LogP contribution in [-0.4, -0.2) is 34.4 Å². The number of aliphatic hydroxyl groups is 1. The summed E-state index contributed by atoms with van der Waals surface area (Å²) in [5, 5.41) is 20.4. The average Bonchev–Trinajstić information content (AvgIpc) is 2.90. The van der Waals surface area contributed by atoms with Gasteiger partial charge in [0.15, 0.2) is 0 Å². The van der Waals surface area contributed by atoms with Crippen molar-refractivity contribution in [2.75, 3.05) is 18.5 Å². The lowest BCUT2D eigenvalue weighted by Gasteiger charge is -2.11. The molecule has 6 nitrogen and oxygen atoms in total. The summed E-state index contributed by atoms with van der Waals surface area (Å²) in [6.45, 7) is 4.28. The van der Waals surface area contributed by atoms with E-state index in [0.717, 1.165) is 16.9 Å². The van der Waals surface area contributed by atoms with E-state index >= 15 is 0 Å². The first-order valence-electron chi connectivity index (χ1n) is 7.02. The Morgan fingerprint density at radius 2 is 2.05 bits per heavy atom. The van der Waals surface area contributed by atoms with Gasteiger partial charge in [-0.05, 0) is 25.0 Å². The van der Waals surface area contributed by atoms with Gasteiger partial charge in [0.2, 0.25) is 11.0 Å². The molecule has 1 aromatic heterocycles. The van der Waals surface area contributed by atoms with Crippen molar-refractivity contribution < 1.29 is 14.6 Å². The number of nitrogens with zero attached hydrogens (tertiary/aromatic N) is 2. The number of nitrogens with one attached hydrogen (secondary N) is 1. The number of aromatic nitrogens is 2. The first-order chi connectivity index (χ1) is 10.6. The monoisotopic (exact) mass is 321 g/mol. The van der Waals surface area contributed by atoms with E-state index in [1.54, 1.807) is 0 Å². The highest BCUT2D eigenvalue weighted by molar-refractivity contribution is 7.15. The SMILES string of the molecule is Cc1cccc(C)c1OCCC(=O)Nc1nnc(CCO)s1. The number of amides is 1. The molecule has 0 aliphatic rings. The lowest BCUT2D eigenvalue weighted by Crippen LogP contribution is -2.15. The molecule has 0 aliphatic heterocycles. The predicted octanol–water partition coefficient (Wildman–Crippen LogP) is 2.10. The summed E-state index contributed by atoms with van der Waals surface area (Å²) in [6, 6.07) is 5.93. The van der Waals surface area contributed by atoms with Crippen molar-refractivity contribution in [2.24, 2.45) is 0 Å². The molecule has 1 heterocycles. The number of aliphatic hydroxyl groups excluding tert-OH is 1. The fourth-order valence-corrected chi connectivity index (χ4v) is 2.70. The largest absolute Gasteiger partial charge is 0.493 e. The van der Waals surface area contributed by atoms with Gasteiger partial charge in [-0.25, -0.2) is 0 Å². The third-order valence-corrected chi connectivity index (χ3v) is 3.92. The Labute approximate surface area is 133 Å². The van der Waals surface area contributed by atoms with Gasteiger partial charge >= 0.3 is 0 Å². The lowest BCUT2D eigenvalue weighted by atomic mass is 10.1. The second kappa shape index (κ2) is 7.86. The molecule has 0 unspecified atom stereocenters. The van der Waals surface area contributed by atoms with Crippen LogP contribution in [0.5, 0.6) is 5.75 Å². The fraction of sp³-hybridized carbons (Fsp3) is 0.400. The highest BCUT2D eigenvalue weighted by Crippen LogP contribution is 2.22. The molecule has 1 amide bonds. The standard InChI is InChI=1S/C15H19N3O3S/c1-10-4-3-5-11(2)14(10)21-9-7-12(20)16-15-18-17-13(22-15)6-8-19/h3-5,19H,6-9H2,1-2H3,(H,16,18,20). The number of anilines is 1. The van der Waals surface area contributed by atoms with E-state index in [1.165, 1.54) is 11.3 Å². The Morgan fingerprint density at radius 1 is 1.32 bits per heavy atom. The molecule has 0 saturated carbocycles. The Morgan fingerprint density at radius 3 is 2.73 bits per heavy atom. The molecule has 0 atom stereocenters. The van der Waals surface area contributed by atoms with Crippen molar-refractivity contribution in [3.63, 3.8) is 0 Å². The number of rotatable bonds is 7. The van der Waals surface area contributed by atoms with Gasteiger partial charge in [-0.2, -0.15) is 0 Å². The molecule has 0 radical (unpaired) electrons. The van der Waals surface area contributed by atoms with E-state index in [9.17, 15) is 4.79 Å². The minimum Gasteiger partial charge on any atom is -0.493 e. The maximum Gasteiger partial charge on any atom is 0.229 e. The second-order valence-corrected chi connectivity index (χ2v) is 5.90. The van der Waals surface area contributed by atoms with E-state index in [2.05, 4.69) is 15.5 Å². The van der Waals surface area contributed by atoms with Crippen LogP contribution in [0.15, 0.2) is 18.2 Å². The molecule has 2 N–H and O–H groups in total. The lowest BCUT2D eigenvalue weighted by molar-refractivity contribution is -0.116. The zero-order chi connectivity index (χ0) is 15.9.